The normalized spacial score (nSPS) is 11.8. The fourth-order valence-electron chi connectivity index (χ4n) is 1.40. The molecule has 1 heterocycles. The second kappa shape index (κ2) is 5.89. The number of rotatable bonds is 6. The van der Waals surface area contributed by atoms with Crippen molar-refractivity contribution in [2.24, 2.45) is 0 Å². The summed E-state index contributed by atoms with van der Waals surface area (Å²) >= 11 is 0. The van der Waals surface area contributed by atoms with Crippen molar-refractivity contribution in [2.75, 3.05) is 0 Å². The maximum Gasteiger partial charge on any atom is 0.326 e. The Morgan fingerprint density at radius 3 is 2.82 bits per heavy atom. The summed E-state index contributed by atoms with van der Waals surface area (Å²) in [6.45, 7) is 5.16. The van der Waals surface area contributed by atoms with E-state index < -0.39 is 17.9 Å². The summed E-state index contributed by atoms with van der Waals surface area (Å²) in [5.74, 6) is -1.02. The van der Waals surface area contributed by atoms with Crippen LogP contribution in [0.1, 0.15) is 29.0 Å². The van der Waals surface area contributed by atoms with Gasteiger partial charge >= 0.3 is 5.97 Å². The van der Waals surface area contributed by atoms with Crippen molar-refractivity contribution < 1.29 is 19.1 Å². The van der Waals surface area contributed by atoms with Gasteiger partial charge in [-0.05, 0) is 25.8 Å². The molecule has 1 amide bonds. The first kappa shape index (κ1) is 13.0. The zero-order valence-corrected chi connectivity index (χ0v) is 9.60. The van der Waals surface area contributed by atoms with Crippen LogP contribution in [0.15, 0.2) is 29.4 Å². The van der Waals surface area contributed by atoms with E-state index >= 15 is 0 Å². The number of carbonyl (C=O) groups is 2. The van der Waals surface area contributed by atoms with Crippen LogP contribution >= 0.6 is 0 Å². The number of nitrogens with one attached hydrogen (secondary N) is 1. The maximum atomic E-state index is 11.7. The molecule has 0 fully saturated rings. The molecular formula is C12H15NO4. The van der Waals surface area contributed by atoms with Gasteiger partial charge in [-0.15, -0.1) is 6.58 Å². The highest BCUT2D eigenvalue weighted by atomic mass is 16.4. The van der Waals surface area contributed by atoms with Crippen molar-refractivity contribution in [1.82, 2.24) is 5.32 Å². The Bertz CT molecular complexity index is 422. The van der Waals surface area contributed by atoms with Gasteiger partial charge in [-0.25, -0.2) is 4.79 Å². The lowest BCUT2D eigenvalue weighted by molar-refractivity contribution is -0.139. The molecule has 0 aromatic carbocycles. The standard InChI is InChI=1S/C12H15NO4/c1-3-4-5-10(12(15)16)13-11(14)9-6-7-17-8(9)2/h3,6-7,10H,1,4-5H2,2H3,(H,13,14)(H,15,16). The molecule has 0 saturated heterocycles. The molecule has 0 radical (unpaired) electrons. The number of carbonyl (C=O) groups excluding carboxylic acids is 1. The van der Waals surface area contributed by atoms with E-state index in [1.165, 1.54) is 12.3 Å². The number of carboxylic acids is 1. The molecule has 1 aromatic rings. The van der Waals surface area contributed by atoms with E-state index in [9.17, 15) is 9.59 Å². The van der Waals surface area contributed by atoms with Crippen LogP contribution in [-0.4, -0.2) is 23.0 Å². The summed E-state index contributed by atoms with van der Waals surface area (Å²) in [4.78, 5) is 22.7. The minimum Gasteiger partial charge on any atom is -0.480 e. The fourth-order valence-corrected chi connectivity index (χ4v) is 1.40. The Balaban J connectivity index is 2.67. The Hall–Kier alpha value is -2.04. The van der Waals surface area contributed by atoms with Crippen molar-refractivity contribution in [2.45, 2.75) is 25.8 Å². The van der Waals surface area contributed by atoms with Gasteiger partial charge in [-0.1, -0.05) is 6.08 Å². The van der Waals surface area contributed by atoms with Gasteiger partial charge in [0.1, 0.15) is 11.8 Å². The van der Waals surface area contributed by atoms with Crippen molar-refractivity contribution in [3.63, 3.8) is 0 Å². The van der Waals surface area contributed by atoms with Gasteiger partial charge in [0, 0.05) is 0 Å². The Morgan fingerprint density at radius 2 is 2.35 bits per heavy atom. The van der Waals surface area contributed by atoms with Gasteiger partial charge in [0.25, 0.3) is 5.91 Å². The lowest BCUT2D eigenvalue weighted by atomic mass is 10.1. The number of hydrogen-bond donors (Lipinski definition) is 2. The van der Waals surface area contributed by atoms with Gasteiger partial charge in [0.05, 0.1) is 11.8 Å². The van der Waals surface area contributed by atoms with E-state index in [-0.39, 0.29) is 0 Å². The third kappa shape index (κ3) is 3.48. The molecule has 0 spiro atoms. The highest BCUT2D eigenvalue weighted by molar-refractivity contribution is 5.97. The summed E-state index contributed by atoms with van der Waals surface area (Å²) in [6, 6.07) is 0.603. The molecule has 0 aliphatic heterocycles. The van der Waals surface area contributed by atoms with Crippen molar-refractivity contribution >= 4 is 11.9 Å². The number of aliphatic carboxylic acids is 1. The van der Waals surface area contributed by atoms with Crippen LogP contribution in [0.4, 0.5) is 0 Å². The average Bonchev–Trinajstić information content (AvgIpc) is 2.70. The van der Waals surface area contributed by atoms with Crippen molar-refractivity contribution in [3.8, 4) is 0 Å². The average molecular weight is 237 g/mol. The van der Waals surface area contributed by atoms with Crippen LogP contribution in [0.3, 0.4) is 0 Å². The molecular weight excluding hydrogens is 222 g/mol. The van der Waals surface area contributed by atoms with E-state index in [4.69, 9.17) is 9.52 Å². The number of allylic oxidation sites excluding steroid dienone is 1. The van der Waals surface area contributed by atoms with Crippen LogP contribution in [-0.2, 0) is 4.79 Å². The molecule has 1 rings (SSSR count). The van der Waals surface area contributed by atoms with Gasteiger partial charge in [-0.2, -0.15) is 0 Å². The van der Waals surface area contributed by atoms with Gasteiger partial charge < -0.3 is 14.8 Å². The second-order valence-electron chi connectivity index (χ2n) is 3.62. The van der Waals surface area contributed by atoms with E-state index in [0.29, 0.717) is 24.2 Å². The Kier molecular flexibility index (Phi) is 4.51. The number of aryl methyl sites for hydroxylation is 1. The highest BCUT2D eigenvalue weighted by Crippen LogP contribution is 2.09. The molecule has 92 valence electrons. The molecule has 17 heavy (non-hydrogen) atoms. The number of carboxylic acid groups (broad SMARTS) is 1. The Morgan fingerprint density at radius 1 is 1.65 bits per heavy atom. The summed E-state index contributed by atoms with van der Waals surface area (Å²) < 4.78 is 4.98. The summed E-state index contributed by atoms with van der Waals surface area (Å²) in [7, 11) is 0. The van der Waals surface area contributed by atoms with Gasteiger partial charge in [-0.3, -0.25) is 4.79 Å². The molecule has 5 nitrogen and oxygen atoms in total. The van der Waals surface area contributed by atoms with Gasteiger partial charge in [0.15, 0.2) is 0 Å². The highest BCUT2D eigenvalue weighted by Gasteiger charge is 2.21. The Labute approximate surface area is 99.1 Å². The van der Waals surface area contributed by atoms with Crippen LogP contribution < -0.4 is 5.32 Å². The molecule has 5 heteroatoms. The van der Waals surface area contributed by atoms with Crippen molar-refractivity contribution in [1.29, 1.82) is 0 Å². The molecule has 0 aliphatic carbocycles. The van der Waals surface area contributed by atoms with Crippen LogP contribution in [0.5, 0.6) is 0 Å². The van der Waals surface area contributed by atoms with Crippen LogP contribution in [0.2, 0.25) is 0 Å². The lowest BCUT2D eigenvalue weighted by Gasteiger charge is -2.13. The summed E-state index contributed by atoms with van der Waals surface area (Å²) in [5.41, 5.74) is 0.356. The molecule has 1 atom stereocenters. The predicted octanol–water partition coefficient (Wildman–Crippen LogP) is 1.74. The third-order valence-electron chi connectivity index (χ3n) is 2.37. The van der Waals surface area contributed by atoms with Crippen LogP contribution in [0.25, 0.3) is 0 Å². The number of amides is 1. The van der Waals surface area contributed by atoms with E-state index in [2.05, 4.69) is 11.9 Å². The molecule has 1 aromatic heterocycles. The van der Waals surface area contributed by atoms with Gasteiger partial charge in [0.2, 0.25) is 0 Å². The van der Waals surface area contributed by atoms with E-state index in [1.54, 1.807) is 13.0 Å². The second-order valence-corrected chi connectivity index (χ2v) is 3.62. The molecule has 0 bridgehead atoms. The first-order valence-electron chi connectivity index (χ1n) is 5.25. The zero-order chi connectivity index (χ0) is 12.8. The molecule has 0 aliphatic rings. The molecule has 0 saturated carbocycles. The SMILES string of the molecule is C=CCCC(NC(=O)c1ccoc1C)C(=O)O. The largest absolute Gasteiger partial charge is 0.480 e. The first-order valence-corrected chi connectivity index (χ1v) is 5.25. The monoisotopic (exact) mass is 237 g/mol. The molecule has 1 unspecified atom stereocenters. The van der Waals surface area contributed by atoms with E-state index in [0.717, 1.165) is 0 Å². The predicted molar refractivity (Wildman–Crippen MR) is 61.8 cm³/mol. The smallest absolute Gasteiger partial charge is 0.326 e. The van der Waals surface area contributed by atoms with E-state index in [1.807, 2.05) is 0 Å². The quantitative estimate of drug-likeness (QED) is 0.738. The minimum atomic E-state index is -1.05. The maximum absolute atomic E-state index is 11.7. The third-order valence-corrected chi connectivity index (χ3v) is 2.37. The topological polar surface area (TPSA) is 79.5 Å². The fraction of sp³-hybridized carbons (Fsp3) is 0.333. The lowest BCUT2D eigenvalue weighted by Crippen LogP contribution is -2.40. The first-order chi connectivity index (χ1) is 8.06. The number of hydrogen-bond acceptors (Lipinski definition) is 3. The summed E-state index contributed by atoms with van der Waals surface area (Å²) in [6.07, 6.45) is 3.86. The van der Waals surface area contributed by atoms with Crippen LogP contribution in [0, 0.1) is 6.92 Å². The number of furan rings is 1. The van der Waals surface area contributed by atoms with Crippen molar-refractivity contribution in [3.05, 3.63) is 36.3 Å². The minimum absolute atomic E-state index is 0.321. The zero-order valence-electron chi connectivity index (χ0n) is 9.60. The summed E-state index contributed by atoms with van der Waals surface area (Å²) in [5, 5.41) is 11.4. The molecule has 2 N–H and O–H groups in total.